The lowest BCUT2D eigenvalue weighted by Gasteiger charge is -2.38. The molecule has 1 aliphatic rings. The molecule has 6 nitrogen and oxygen atoms in total. The average Bonchev–Trinajstić information content (AvgIpc) is 2.59. The Bertz CT molecular complexity index is 820. The van der Waals surface area contributed by atoms with Crippen LogP contribution in [0.1, 0.15) is 19.8 Å². The molecule has 2 N–H and O–H groups in total. The van der Waals surface area contributed by atoms with Gasteiger partial charge in [-0.25, -0.2) is 4.79 Å². The van der Waals surface area contributed by atoms with Gasteiger partial charge in [0.15, 0.2) is 0 Å². The molecule has 1 fully saturated rings. The zero-order chi connectivity index (χ0) is 17.3. The van der Waals surface area contributed by atoms with Crippen molar-refractivity contribution in [3.63, 3.8) is 0 Å². The van der Waals surface area contributed by atoms with Gasteiger partial charge in [0.05, 0.1) is 0 Å². The summed E-state index contributed by atoms with van der Waals surface area (Å²) in [5, 5.41) is 13.7. The van der Waals surface area contributed by atoms with E-state index < -0.39 is 0 Å². The van der Waals surface area contributed by atoms with Gasteiger partial charge in [-0.2, -0.15) is 0 Å². The quantitative estimate of drug-likeness (QED) is 0.887. The molecule has 0 bridgehead atoms. The number of anilines is 1. The molecule has 1 aliphatic heterocycles. The number of nitrogens with one attached hydrogen (secondary N) is 1. The topological polar surface area (TPSA) is 74.6 Å². The van der Waals surface area contributed by atoms with Gasteiger partial charge in [-0.3, -0.25) is 4.79 Å². The number of hydrogen-bond donors (Lipinski definition) is 2. The van der Waals surface area contributed by atoms with Crippen LogP contribution in [0.4, 0.5) is 10.5 Å². The van der Waals surface area contributed by atoms with E-state index in [9.17, 15) is 14.7 Å². The Kier molecular flexibility index (Phi) is 4.32. The number of aliphatic hydroxyl groups excluding tert-OH is 1. The predicted octanol–water partition coefficient (Wildman–Crippen LogP) is 2.16. The van der Waals surface area contributed by atoms with Crippen LogP contribution in [-0.2, 0) is 7.05 Å². The predicted molar refractivity (Wildman–Crippen MR) is 94.2 cm³/mol. The van der Waals surface area contributed by atoms with Crippen LogP contribution in [0.5, 0.6) is 0 Å². The van der Waals surface area contributed by atoms with E-state index in [0.29, 0.717) is 24.2 Å². The summed E-state index contributed by atoms with van der Waals surface area (Å²) in [5.41, 5.74) is 0.443. The summed E-state index contributed by atoms with van der Waals surface area (Å²) in [6.45, 7) is 3.44. The van der Waals surface area contributed by atoms with Gasteiger partial charge in [-0.15, -0.1) is 0 Å². The van der Waals surface area contributed by atoms with E-state index in [1.165, 1.54) is 4.57 Å². The first-order chi connectivity index (χ1) is 11.4. The van der Waals surface area contributed by atoms with Crippen LogP contribution in [-0.4, -0.2) is 40.3 Å². The molecule has 2 aromatic rings. The third kappa shape index (κ3) is 3.14. The molecule has 1 aromatic heterocycles. The molecule has 2 amide bonds. The van der Waals surface area contributed by atoms with E-state index >= 15 is 0 Å². The first-order valence-corrected chi connectivity index (χ1v) is 8.18. The zero-order valence-corrected chi connectivity index (χ0v) is 14.1. The van der Waals surface area contributed by atoms with E-state index in [-0.39, 0.29) is 23.6 Å². The summed E-state index contributed by atoms with van der Waals surface area (Å²) >= 11 is 0. The van der Waals surface area contributed by atoms with Crippen LogP contribution < -0.4 is 10.9 Å². The second kappa shape index (κ2) is 6.28. The molecule has 24 heavy (non-hydrogen) atoms. The van der Waals surface area contributed by atoms with Crippen molar-refractivity contribution in [1.82, 2.24) is 9.47 Å². The third-order valence-corrected chi connectivity index (χ3v) is 4.97. The van der Waals surface area contributed by atoms with Crippen LogP contribution in [0.15, 0.2) is 35.3 Å². The molecule has 2 heterocycles. The number of likely N-dealkylation sites (tertiary alicyclic amines) is 1. The summed E-state index contributed by atoms with van der Waals surface area (Å²) in [6, 6.07) is 7.08. The van der Waals surface area contributed by atoms with Crippen molar-refractivity contribution in [2.24, 2.45) is 12.5 Å². The molecule has 0 saturated carbocycles. The summed E-state index contributed by atoms with van der Waals surface area (Å²) in [7, 11) is 1.71. The Hall–Kier alpha value is -2.34. The number of carbonyl (C=O) groups excluding carboxylic acids is 1. The van der Waals surface area contributed by atoms with E-state index in [2.05, 4.69) is 5.32 Å². The number of aliphatic hydroxyl groups is 1. The maximum absolute atomic E-state index is 12.4. The van der Waals surface area contributed by atoms with Crippen LogP contribution in [0.3, 0.4) is 0 Å². The molecule has 1 aromatic carbocycles. The van der Waals surface area contributed by atoms with Crippen molar-refractivity contribution in [2.75, 3.05) is 25.0 Å². The van der Waals surface area contributed by atoms with Crippen LogP contribution in [0, 0.1) is 5.41 Å². The Morgan fingerprint density at radius 3 is 2.67 bits per heavy atom. The lowest BCUT2D eigenvalue weighted by molar-refractivity contribution is 0.0728. The molecule has 0 atom stereocenters. The minimum atomic E-state index is -0.165. The molecule has 0 aliphatic carbocycles. The standard InChI is InChI=1S/C18H23N3O3/c1-18(12-22)6-9-21(10-7-18)17(24)19-14-4-3-13-5-8-20(2)16(23)15(13)11-14/h3-5,8,11,22H,6-7,9-10,12H2,1-2H3,(H,19,24). The van der Waals surface area contributed by atoms with Gasteiger partial charge >= 0.3 is 6.03 Å². The number of rotatable bonds is 2. The van der Waals surface area contributed by atoms with E-state index in [1.54, 1.807) is 24.2 Å². The minimum Gasteiger partial charge on any atom is -0.396 e. The number of pyridine rings is 1. The fraction of sp³-hybridized carbons (Fsp3) is 0.444. The fourth-order valence-electron chi connectivity index (χ4n) is 3.02. The number of nitrogens with zero attached hydrogens (tertiary/aromatic N) is 2. The first kappa shape index (κ1) is 16.5. The molecule has 6 heteroatoms. The largest absolute Gasteiger partial charge is 0.396 e. The Labute approximate surface area is 140 Å². The van der Waals surface area contributed by atoms with Gasteiger partial charge in [0.25, 0.3) is 5.56 Å². The van der Waals surface area contributed by atoms with Crippen molar-refractivity contribution < 1.29 is 9.90 Å². The van der Waals surface area contributed by atoms with E-state index in [4.69, 9.17) is 0 Å². The van der Waals surface area contributed by atoms with Crippen molar-refractivity contribution in [3.05, 3.63) is 40.8 Å². The normalized spacial score (nSPS) is 17.0. The smallest absolute Gasteiger partial charge is 0.321 e. The van der Waals surface area contributed by atoms with Crippen molar-refractivity contribution >= 4 is 22.5 Å². The fourth-order valence-corrected chi connectivity index (χ4v) is 3.02. The lowest BCUT2D eigenvalue weighted by Crippen LogP contribution is -2.45. The molecule has 0 unspecified atom stereocenters. The van der Waals surface area contributed by atoms with Crippen molar-refractivity contribution in [2.45, 2.75) is 19.8 Å². The average molecular weight is 329 g/mol. The monoisotopic (exact) mass is 329 g/mol. The molecular formula is C18H23N3O3. The minimum absolute atomic E-state index is 0.0831. The third-order valence-electron chi connectivity index (χ3n) is 4.97. The summed E-state index contributed by atoms with van der Waals surface area (Å²) in [4.78, 5) is 26.4. The van der Waals surface area contributed by atoms with E-state index in [1.807, 2.05) is 25.1 Å². The van der Waals surface area contributed by atoms with E-state index in [0.717, 1.165) is 18.2 Å². The second-order valence-corrected chi connectivity index (χ2v) is 6.92. The zero-order valence-electron chi connectivity index (χ0n) is 14.1. The maximum atomic E-state index is 12.4. The summed E-state index contributed by atoms with van der Waals surface area (Å²) in [5.74, 6) is 0. The van der Waals surface area contributed by atoms with Crippen molar-refractivity contribution in [1.29, 1.82) is 0 Å². The summed E-state index contributed by atoms with van der Waals surface area (Å²) in [6.07, 6.45) is 3.30. The van der Waals surface area contributed by atoms with Gasteiger partial charge in [-0.05, 0) is 41.8 Å². The number of amides is 2. The van der Waals surface area contributed by atoms with Gasteiger partial charge in [-0.1, -0.05) is 13.0 Å². The molecule has 3 rings (SSSR count). The Morgan fingerprint density at radius 2 is 2.00 bits per heavy atom. The highest BCUT2D eigenvalue weighted by molar-refractivity contribution is 5.93. The number of carbonyl (C=O) groups is 1. The van der Waals surface area contributed by atoms with Crippen LogP contribution in [0.2, 0.25) is 0 Å². The van der Waals surface area contributed by atoms with Gasteiger partial charge in [0.1, 0.15) is 0 Å². The number of fused-ring (bicyclic) bond motifs is 1. The number of aromatic nitrogens is 1. The molecule has 128 valence electrons. The van der Waals surface area contributed by atoms with Crippen LogP contribution >= 0.6 is 0 Å². The van der Waals surface area contributed by atoms with Crippen molar-refractivity contribution in [3.8, 4) is 0 Å². The molecule has 1 saturated heterocycles. The van der Waals surface area contributed by atoms with Gasteiger partial charge in [0.2, 0.25) is 0 Å². The highest BCUT2D eigenvalue weighted by atomic mass is 16.3. The number of piperidine rings is 1. The molecule has 0 spiro atoms. The Balaban J connectivity index is 1.74. The summed E-state index contributed by atoms with van der Waals surface area (Å²) < 4.78 is 1.52. The first-order valence-electron chi connectivity index (χ1n) is 8.18. The molecular weight excluding hydrogens is 306 g/mol. The highest BCUT2D eigenvalue weighted by Crippen LogP contribution is 2.30. The van der Waals surface area contributed by atoms with Crippen LogP contribution in [0.25, 0.3) is 10.8 Å². The van der Waals surface area contributed by atoms with Gasteiger partial charge < -0.3 is 19.9 Å². The van der Waals surface area contributed by atoms with Gasteiger partial charge in [0, 0.05) is 44.0 Å². The lowest BCUT2D eigenvalue weighted by atomic mass is 9.81. The highest BCUT2D eigenvalue weighted by Gasteiger charge is 2.31. The number of urea groups is 1. The number of aryl methyl sites for hydroxylation is 1. The SMILES string of the molecule is Cn1ccc2ccc(NC(=O)N3CCC(C)(CO)CC3)cc2c1=O. The number of benzene rings is 1. The molecule has 0 radical (unpaired) electrons. The second-order valence-electron chi connectivity index (χ2n) is 6.92. The maximum Gasteiger partial charge on any atom is 0.321 e. The number of hydrogen-bond acceptors (Lipinski definition) is 3. The Morgan fingerprint density at radius 1 is 1.29 bits per heavy atom.